The van der Waals surface area contributed by atoms with E-state index in [9.17, 15) is 4.79 Å². The molecule has 0 unspecified atom stereocenters. The van der Waals surface area contributed by atoms with Crippen molar-refractivity contribution >= 4 is 5.97 Å². The molecule has 0 fully saturated rings. The summed E-state index contributed by atoms with van der Waals surface area (Å²) in [4.78, 5) is 11.9. The molecule has 0 aliphatic heterocycles. The summed E-state index contributed by atoms with van der Waals surface area (Å²) in [5.74, 6) is 0.591. The van der Waals surface area contributed by atoms with Crippen LogP contribution in [0.15, 0.2) is 67.0 Å². The third-order valence-corrected chi connectivity index (χ3v) is 7.16. The van der Waals surface area contributed by atoms with Crippen LogP contribution >= 0.6 is 0 Å². The van der Waals surface area contributed by atoms with Crippen molar-refractivity contribution in [1.82, 2.24) is 4.57 Å². The lowest BCUT2D eigenvalue weighted by molar-refractivity contribution is -0.141. The van der Waals surface area contributed by atoms with Crippen molar-refractivity contribution < 1.29 is 14.3 Å². The number of ether oxygens (including phenoxy) is 2. The van der Waals surface area contributed by atoms with Gasteiger partial charge in [-0.1, -0.05) is 58.0 Å². The minimum Gasteiger partial charge on any atom is -0.489 e. The molecule has 174 valence electrons. The maximum Gasteiger partial charge on any atom is 0.307 e. The van der Waals surface area contributed by atoms with Crippen LogP contribution in [0.1, 0.15) is 75.3 Å². The van der Waals surface area contributed by atoms with E-state index in [1.807, 2.05) is 53.4 Å². The predicted molar refractivity (Wildman–Crippen MR) is 132 cm³/mol. The molecular weight excluding hydrogens is 410 g/mol. The van der Waals surface area contributed by atoms with E-state index in [-0.39, 0.29) is 29.3 Å². The number of benzene rings is 2. The first kappa shape index (κ1) is 23.2. The summed E-state index contributed by atoms with van der Waals surface area (Å²) in [5, 5.41) is 0. The van der Waals surface area contributed by atoms with Gasteiger partial charge in [0, 0.05) is 12.4 Å². The SMILES string of the molecule is COC(=O)C[C@@H](c1ccc(OCc2ccc3c(c2)C(C)(C)CCC3(C)C)cc1)n1cccc1. The fraction of sp³-hybridized carbons (Fsp3) is 0.414. The Morgan fingerprint density at radius 1 is 0.939 bits per heavy atom. The lowest BCUT2D eigenvalue weighted by atomic mass is 9.63. The molecule has 3 aromatic rings. The summed E-state index contributed by atoms with van der Waals surface area (Å²) >= 11 is 0. The van der Waals surface area contributed by atoms with Gasteiger partial charge in [0.2, 0.25) is 0 Å². The van der Waals surface area contributed by atoms with Crippen LogP contribution in [0.4, 0.5) is 0 Å². The quantitative estimate of drug-likeness (QED) is 0.386. The van der Waals surface area contributed by atoms with Crippen LogP contribution in [0, 0.1) is 0 Å². The molecule has 2 aromatic carbocycles. The lowest BCUT2D eigenvalue weighted by Crippen LogP contribution is -2.33. The van der Waals surface area contributed by atoms with Gasteiger partial charge in [0.05, 0.1) is 19.6 Å². The highest BCUT2D eigenvalue weighted by Gasteiger charge is 2.36. The smallest absolute Gasteiger partial charge is 0.307 e. The number of carbonyl (C=O) groups is 1. The van der Waals surface area contributed by atoms with Crippen LogP contribution < -0.4 is 4.74 Å². The first-order valence-electron chi connectivity index (χ1n) is 11.8. The van der Waals surface area contributed by atoms with Crippen LogP contribution in [0.5, 0.6) is 5.75 Å². The number of rotatable bonds is 7. The van der Waals surface area contributed by atoms with E-state index in [2.05, 4.69) is 45.9 Å². The zero-order valence-electron chi connectivity index (χ0n) is 20.4. The summed E-state index contributed by atoms with van der Waals surface area (Å²) in [6.45, 7) is 9.92. The Labute approximate surface area is 197 Å². The summed E-state index contributed by atoms with van der Waals surface area (Å²) in [6, 6.07) is 18.7. The highest BCUT2D eigenvalue weighted by Crippen LogP contribution is 2.46. The minimum atomic E-state index is -0.229. The van der Waals surface area contributed by atoms with Gasteiger partial charge in [-0.25, -0.2) is 0 Å². The molecule has 1 aromatic heterocycles. The predicted octanol–water partition coefficient (Wildman–Crippen LogP) is 6.57. The first-order chi connectivity index (χ1) is 15.7. The highest BCUT2D eigenvalue weighted by atomic mass is 16.5. The third kappa shape index (κ3) is 5.00. The monoisotopic (exact) mass is 445 g/mol. The first-order valence-corrected chi connectivity index (χ1v) is 11.8. The number of esters is 1. The summed E-state index contributed by atoms with van der Waals surface area (Å²) in [5.41, 5.74) is 5.57. The number of hydrogen-bond acceptors (Lipinski definition) is 3. The Morgan fingerprint density at radius 2 is 1.58 bits per heavy atom. The van der Waals surface area contributed by atoms with E-state index in [1.54, 1.807) is 0 Å². The number of hydrogen-bond donors (Lipinski definition) is 0. The second-order valence-electron chi connectivity index (χ2n) is 10.4. The maximum atomic E-state index is 11.9. The van der Waals surface area contributed by atoms with Crippen molar-refractivity contribution in [3.8, 4) is 5.75 Å². The Balaban J connectivity index is 1.48. The molecule has 0 saturated carbocycles. The number of nitrogens with zero attached hydrogens (tertiary/aromatic N) is 1. The van der Waals surface area contributed by atoms with Gasteiger partial charge in [0.15, 0.2) is 0 Å². The fourth-order valence-corrected chi connectivity index (χ4v) is 4.87. The van der Waals surface area contributed by atoms with E-state index in [4.69, 9.17) is 9.47 Å². The molecule has 33 heavy (non-hydrogen) atoms. The second kappa shape index (κ2) is 9.09. The van der Waals surface area contributed by atoms with Crippen LogP contribution in [-0.4, -0.2) is 17.6 Å². The third-order valence-electron chi connectivity index (χ3n) is 7.16. The Kier molecular flexibility index (Phi) is 6.38. The van der Waals surface area contributed by atoms with E-state index in [0.29, 0.717) is 6.61 Å². The number of methoxy groups -OCH3 is 1. The van der Waals surface area contributed by atoms with Crippen molar-refractivity contribution in [1.29, 1.82) is 0 Å². The molecule has 1 aliphatic rings. The van der Waals surface area contributed by atoms with Gasteiger partial charge in [0.25, 0.3) is 0 Å². The molecule has 0 radical (unpaired) electrons. The fourth-order valence-electron chi connectivity index (χ4n) is 4.87. The van der Waals surface area contributed by atoms with Gasteiger partial charge in [0.1, 0.15) is 12.4 Å². The molecule has 1 heterocycles. The number of aromatic nitrogens is 1. The Bertz CT molecular complexity index is 1090. The van der Waals surface area contributed by atoms with Crippen molar-refractivity contribution in [2.45, 2.75) is 70.4 Å². The van der Waals surface area contributed by atoms with Gasteiger partial charge in [-0.05, 0) is 70.2 Å². The Hall–Kier alpha value is -3.01. The zero-order chi connectivity index (χ0) is 23.6. The van der Waals surface area contributed by atoms with Gasteiger partial charge < -0.3 is 14.0 Å². The molecule has 0 bridgehead atoms. The van der Waals surface area contributed by atoms with Crippen molar-refractivity contribution in [3.05, 3.63) is 89.2 Å². The second-order valence-corrected chi connectivity index (χ2v) is 10.4. The molecule has 4 rings (SSSR count). The topological polar surface area (TPSA) is 40.5 Å². The average molecular weight is 446 g/mol. The van der Waals surface area contributed by atoms with Gasteiger partial charge in [-0.3, -0.25) is 4.79 Å². The van der Waals surface area contributed by atoms with E-state index in [0.717, 1.165) is 11.3 Å². The highest BCUT2D eigenvalue weighted by molar-refractivity contribution is 5.70. The minimum absolute atomic E-state index is 0.104. The lowest BCUT2D eigenvalue weighted by Gasteiger charge is -2.42. The molecule has 0 spiro atoms. The summed E-state index contributed by atoms with van der Waals surface area (Å²) in [6.07, 6.45) is 6.64. The van der Waals surface area contributed by atoms with Crippen LogP contribution in [0.2, 0.25) is 0 Å². The van der Waals surface area contributed by atoms with Gasteiger partial charge in [-0.15, -0.1) is 0 Å². The molecule has 0 amide bonds. The molecule has 0 N–H and O–H groups in total. The molecule has 1 atom stereocenters. The molecule has 0 saturated heterocycles. The summed E-state index contributed by atoms with van der Waals surface area (Å²) in [7, 11) is 1.43. The standard InChI is InChI=1S/C29H35NO3/c1-28(2)14-15-29(3,4)25-18-21(8-13-24(25)28)20-33-23-11-9-22(10-12-23)26(19-27(31)32-5)30-16-6-7-17-30/h6-13,16-18,26H,14-15,19-20H2,1-5H3/t26-/m0/s1. The molecular formula is C29H35NO3. The molecule has 4 heteroatoms. The van der Waals surface area contributed by atoms with Gasteiger partial charge >= 0.3 is 5.97 Å². The van der Waals surface area contributed by atoms with E-state index >= 15 is 0 Å². The van der Waals surface area contributed by atoms with Crippen molar-refractivity contribution in [2.24, 2.45) is 0 Å². The van der Waals surface area contributed by atoms with Crippen molar-refractivity contribution in [3.63, 3.8) is 0 Å². The Morgan fingerprint density at radius 3 is 2.21 bits per heavy atom. The number of fused-ring (bicyclic) bond motifs is 1. The number of carbonyl (C=O) groups excluding carboxylic acids is 1. The molecule has 4 nitrogen and oxygen atoms in total. The zero-order valence-corrected chi connectivity index (χ0v) is 20.4. The summed E-state index contributed by atoms with van der Waals surface area (Å²) < 4.78 is 13.1. The maximum absolute atomic E-state index is 11.9. The largest absolute Gasteiger partial charge is 0.489 e. The van der Waals surface area contributed by atoms with Crippen molar-refractivity contribution in [2.75, 3.05) is 7.11 Å². The van der Waals surface area contributed by atoms with Crippen LogP contribution in [-0.2, 0) is 27.0 Å². The molecule has 1 aliphatic carbocycles. The van der Waals surface area contributed by atoms with Crippen LogP contribution in [0.3, 0.4) is 0 Å². The van der Waals surface area contributed by atoms with Gasteiger partial charge in [-0.2, -0.15) is 0 Å². The average Bonchev–Trinajstić information content (AvgIpc) is 3.34. The van der Waals surface area contributed by atoms with E-state index < -0.39 is 0 Å². The van der Waals surface area contributed by atoms with E-state index in [1.165, 1.54) is 36.6 Å². The normalized spacial score (nSPS) is 17.1. The van der Waals surface area contributed by atoms with Crippen LogP contribution in [0.25, 0.3) is 0 Å².